The Hall–Kier alpha value is -7.66. The summed E-state index contributed by atoms with van der Waals surface area (Å²) in [7, 11) is -1.57. The molecule has 3 nitrogen and oxygen atoms in total. The summed E-state index contributed by atoms with van der Waals surface area (Å²) in [5.74, 6) is 0. The van der Waals surface area contributed by atoms with Gasteiger partial charge in [-0.25, -0.2) is 0 Å². The molecule has 0 aliphatic heterocycles. The van der Waals surface area contributed by atoms with E-state index in [0.29, 0.717) is 0 Å². The number of aromatic nitrogens is 1. The van der Waals surface area contributed by atoms with Crippen LogP contribution < -0.4 is 15.0 Å². The smallest absolute Gasteiger partial charge is 0.0776 e. The van der Waals surface area contributed by atoms with E-state index in [9.17, 15) is 0 Å². The van der Waals surface area contributed by atoms with Gasteiger partial charge in [0, 0.05) is 55.7 Å². The quantitative estimate of drug-likeness (QED) is 0.141. The molecule has 68 heavy (non-hydrogen) atoms. The molecule has 0 bridgehead atoms. The Morgan fingerprint density at radius 1 is 0.382 bits per heavy atom. The third kappa shape index (κ3) is 7.10. The van der Waals surface area contributed by atoms with Crippen LogP contribution in [0.3, 0.4) is 0 Å². The van der Waals surface area contributed by atoms with E-state index in [4.69, 9.17) is 0 Å². The van der Waals surface area contributed by atoms with E-state index >= 15 is 0 Å². The summed E-state index contributed by atoms with van der Waals surface area (Å²) in [6.45, 7) is 16.3. The molecule has 12 rings (SSSR count). The topological polar surface area (TPSA) is 10.9 Å². The molecular weight excluding hydrogens is 839 g/mol. The van der Waals surface area contributed by atoms with Crippen molar-refractivity contribution in [3.05, 3.63) is 217 Å². The fraction of sp³-hybridized carbons (Fsp3) is 0.125. The first-order valence-electron chi connectivity index (χ1n) is 24.0. The molecule has 2 aromatic heterocycles. The number of nitrogens with zero attached hydrogens (tertiary/aromatic N) is 3. The lowest BCUT2D eigenvalue weighted by Gasteiger charge is -2.27. The second-order valence-corrected chi connectivity index (χ2v) is 25.9. The Morgan fingerprint density at radius 2 is 0.868 bits per heavy atom. The minimum atomic E-state index is -1.57. The van der Waals surface area contributed by atoms with Crippen molar-refractivity contribution in [2.75, 3.05) is 9.80 Å². The van der Waals surface area contributed by atoms with Gasteiger partial charge >= 0.3 is 0 Å². The van der Waals surface area contributed by atoms with E-state index in [2.05, 4.69) is 268 Å². The van der Waals surface area contributed by atoms with Crippen molar-refractivity contribution in [1.29, 1.82) is 0 Å². The van der Waals surface area contributed by atoms with E-state index in [0.717, 1.165) is 28.4 Å². The monoisotopic (exact) mass is 893 g/mol. The highest BCUT2D eigenvalue weighted by Gasteiger charge is 2.24. The van der Waals surface area contributed by atoms with E-state index in [1.807, 2.05) is 0 Å². The van der Waals surface area contributed by atoms with Gasteiger partial charge in [-0.2, -0.15) is 0 Å². The Labute approximate surface area is 400 Å². The molecule has 2 heterocycles. The number of fused-ring (bicyclic) bond motifs is 8. The molecule has 0 aliphatic carbocycles. The summed E-state index contributed by atoms with van der Waals surface area (Å²) in [5, 5.41) is 11.4. The number of anilines is 6. The average Bonchev–Trinajstić information content (AvgIpc) is 3.83. The van der Waals surface area contributed by atoms with E-state index in [-0.39, 0.29) is 5.41 Å². The van der Waals surface area contributed by atoms with Crippen molar-refractivity contribution in [3.63, 3.8) is 0 Å². The van der Waals surface area contributed by atoms with Crippen molar-refractivity contribution < 1.29 is 0 Å². The summed E-state index contributed by atoms with van der Waals surface area (Å²) in [5.41, 5.74) is 15.7. The van der Waals surface area contributed by atoms with Crippen molar-refractivity contribution in [2.45, 2.75) is 52.8 Å². The molecular formula is C64H55N3Si. The highest BCUT2D eigenvalue weighted by Crippen LogP contribution is 2.46. The van der Waals surface area contributed by atoms with Crippen LogP contribution in [0.2, 0.25) is 19.6 Å². The van der Waals surface area contributed by atoms with Crippen LogP contribution in [-0.4, -0.2) is 12.5 Å². The largest absolute Gasteiger partial charge is 0.310 e. The second-order valence-electron chi connectivity index (χ2n) is 20.9. The maximum Gasteiger partial charge on any atom is 0.0776 e. The van der Waals surface area contributed by atoms with Gasteiger partial charge in [0.2, 0.25) is 0 Å². The molecule has 0 spiro atoms. The zero-order chi connectivity index (χ0) is 46.5. The zero-order valence-corrected chi connectivity index (χ0v) is 41.0. The van der Waals surface area contributed by atoms with Gasteiger partial charge in [0.1, 0.15) is 0 Å². The molecule has 0 atom stereocenters. The van der Waals surface area contributed by atoms with E-state index in [1.165, 1.54) is 92.8 Å². The lowest BCUT2D eigenvalue weighted by Crippen LogP contribution is -2.37. The predicted molar refractivity (Wildman–Crippen MR) is 297 cm³/mol. The molecule has 0 amide bonds. The first-order chi connectivity index (χ1) is 32.9. The van der Waals surface area contributed by atoms with E-state index in [1.54, 1.807) is 0 Å². The number of aryl methyl sites for hydroxylation is 1. The summed E-state index contributed by atoms with van der Waals surface area (Å²) >= 11 is 0. The molecule has 0 fully saturated rings. The molecule has 4 heteroatoms. The molecule has 0 unspecified atom stereocenters. The maximum absolute atomic E-state index is 2.56. The van der Waals surface area contributed by atoms with Crippen molar-refractivity contribution >= 4 is 107 Å². The Bertz CT molecular complexity index is 3870. The van der Waals surface area contributed by atoms with Crippen molar-refractivity contribution in [2.24, 2.45) is 0 Å². The first kappa shape index (κ1) is 41.7. The van der Waals surface area contributed by atoms with Crippen LogP contribution in [0.4, 0.5) is 34.1 Å². The first-order valence-corrected chi connectivity index (χ1v) is 27.5. The van der Waals surface area contributed by atoms with Crippen LogP contribution in [0.25, 0.3) is 70.8 Å². The van der Waals surface area contributed by atoms with Gasteiger partial charge in [0.15, 0.2) is 0 Å². The molecule has 10 aromatic carbocycles. The lowest BCUT2D eigenvalue weighted by molar-refractivity contribution is 0.590. The highest BCUT2D eigenvalue weighted by molar-refractivity contribution is 6.88. The summed E-state index contributed by atoms with van der Waals surface area (Å²) in [6, 6.07) is 77.4. The van der Waals surface area contributed by atoms with Crippen LogP contribution in [0, 0.1) is 6.92 Å². The normalized spacial score (nSPS) is 12.3. The van der Waals surface area contributed by atoms with Gasteiger partial charge in [0.25, 0.3) is 0 Å². The van der Waals surface area contributed by atoms with Crippen LogP contribution in [-0.2, 0) is 5.41 Å². The van der Waals surface area contributed by atoms with Crippen molar-refractivity contribution in [3.8, 4) is 11.1 Å². The number of benzene rings is 10. The van der Waals surface area contributed by atoms with Crippen LogP contribution in [0.1, 0.15) is 31.9 Å². The third-order valence-corrected chi connectivity index (χ3v) is 16.2. The maximum atomic E-state index is 2.56. The molecule has 12 aromatic rings. The van der Waals surface area contributed by atoms with Gasteiger partial charge in [-0.05, 0) is 165 Å². The average molecular weight is 894 g/mol. The molecule has 0 N–H and O–H groups in total. The lowest BCUT2D eigenvalue weighted by atomic mass is 9.86. The van der Waals surface area contributed by atoms with E-state index < -0.39 is 8.07 Å². The number of hydrogen-bond acceptors (Lipinski definition) is 2. The van der Waals surface area contributed by atoms with Crippen LogP contribution in [0.15, 0.2) is 206 Å². The summed E-state index contributed by atoms with van der Waals surface area (Å²) in [4.78, 5) is 4.80. The SMILES string of the molecule is Cc1cccc(N(c2ccccc2)c2ccc3cc4c5cc(-c6ccc(C(C)(C)C)cc6)cc6c7cc8ccc(N(c9ccccc9)c9cccc([Si](C)(C)C)c9)cc8cc7n(c4cc3c2)c56)c1. The second kappa shape index (κ2) is 15.7. The van der Waals surface area contributed by atoms with Crippen molar-refractivity contribution in [1.82, 2.24) is 4.40 Å². The minimum absolute atomic E-state index is 0.0824. The summed E-state index contributed by atoms with van der Waals surface area (Å²) < 4.78 is 2.56. The Balaban J connectivity index is 1.10. The molecule has 330 valence electrons. The standard InChI is InChI=1S/C64H55N3Si/c1-42-16-14-21-52(32-42)65(50-17-10-8-11-18-50)54-30-26-44-35-57-59-37-48(43-24-28-49(29-25-43)64(2,3)4)38-60-58-36-45-27-31-55(34-47(45)40-62(58)67(63(59)60)61(57)39-46(44)33-54)66(51-19-12-9-13-20-51)53-22-15-23-56(41-53)68(5,6)7/h8-41H,1-7H3. The van der Waals surface area contributed by atoms with Crippen LogP contribution in [0.5, 0.6) is 0 Å². The van der Waals surface area contributed by atoms with Gasteiger partial charge in [-0.3, -0.25) is 0 Å². The molecule has 0 aliphatic rings. The predicted octanol–water partition coefficient (Wildman–Crippen LogP) is 17.9. The summed E-state index contributed by atoms with van der Waals surface area (Å²) in [6.07, 6.45) is 0. The molecule has 0 saturated carbocycles. The fourth-order valence-electron chi connectivity index (χ4n) is 10.5. The number of rotatable bonds is 8. The van der Waals surface area contributed by atoms with Gasteiger partial charge in [-0.1, -0.05) is 143 Å². The molecule has 0 radical (unpaired) electrons. The molecule has 0 saturated heterocycles. The van der Waals surface area contributed by atoms with Gasteiger partial charge in [-0.15, -0.1) is 0 Å². The minimum Gasteiger partial charge on any atom is -0.310 e. The highest BCUT2D eigenvalue weighted by atomic mass is 28.3. The Kier molecular flexibility index (Phi) is 9.65. The zero-order valence-electron chi connectivity index (χ0n) is 40.0. The van der Waals surface area contributed by atoms with Gasteiger partial charge in [0.05, 0.1) is 24.6 Å². The van der Waals surface area contributed by atoms with Gasteiger partial charge < -0.3 is 14.2 Å². The number of para-hydroxylation sites is 2. The number of hydrogen-bond donors (Lipinski definition) is 0. The van der Waals surface area contributed by atoms with Crippen LogP contribution >= 0.6 is 0 Å². The fourth-order valence-corrected chi connectivity index (χ4v) is 11.7. The third-order valence-electron chi connectivity index (χ3n) is 14.1. The Morgan fingerprint density at radius 3 is 1.37 bits per heavy atom.